The van der Waals surface area contributed by atoms with Gasteiger partial charge in [0.1, 0.15) is 29.8 Å². The fourth-order valence-electron chi connectivity index (χ4n) is 5.01. The van der Waals surface area contributed by atoms with Crippen LogP contribution >= 0.6 is 6.64 Å². The average Bonchev–Trinajstić information content (AvgIpc) is 3.48. The van der Waals surface area contributed by atoms with Crippen molar-refractivity contribution in [1.29, 1.82) is 0 Å². The third kappa shape index (κ3) is 6.42. The number of imidazole rings is 1. The van der Waals surface area contributed by atoms with Gasteiger partial charge in [-0.1, -0.05) is 36.4 Å². The summed E-state index contributed by atoms with van der Waals surface area (Å²) in [5.41, 5.74) is -1.49. The molecule has 1 fully saturated rings. The van der Waals surface area contributed by atoms with Crippen LogP contribution in [0.2, 0.25) is 0 Å². The van der Waals surface area contributed by atoms with E-state index < -0.39 is 42.8 Å². The summed E-state index contributed by atoms with van der Waals surface area (Å²) in [6.45, 7) is 4.14. The summed E-state index contributed by atoms with van der Waals surface area (Å²) in [7, 11) is 1.70. The number of nitrogens with zero attached hydrogens (tertiary/aromatic N) is 4. The van der Waals surface area contributed by atoms with E-state index in [0.29, 0.717) is 28.6 Å². The zero-order chi connectivity index (χ0) is 31.8. The second-order valence-electron chi connectivity index (χ2n) is 11.0. The molecule has 1 saturated heterocycles. The van der Waals surface area contributed by atoms with Crippen molar-refractivity contribution in [2.45, 2.75) is 70.9 Å². The van der Waals surface area contributed by atoms with Gasteiger partial charge in [0.2, 0.25) is 0 Å². The molecule has 1 aliphatic heterocycles. The van der Waals surface area contributed by atoms with Crippen LogP contribution in [0, 0.1) is 6.92 Å². The Morgan fingerprint density at radius 2 is 1.95 bits per heavy atom. The zero-order valence-corrected chi connectivity index (χ0v) is 26.9. The topological polar surface area (TPSA) is 142 Å². The van der Waals surface area contributed by atoms with Gasteiger partial charge in [-0.2, -0.15) is 0 Å². The third-order valence-corrected chi connectivity index (χ3v) is 9.66. The average molecular weight is 647 g/mol. The maximum absolute atomic E-state index is 16.2. The van der Waals surface area contributed by atoms with Crippen LogP contribution in [0.5, 0.6) is 5.75 Å². The number of aromatic nitrogens is 4. The molecule has 3 heterocycles. The van der Waals surface area contributed by atoms with E-state index in [0.717, 1.165) is 10.8 Å². The van der Waals surface area contributed by atoms with E-state index >= 15 is 4.39 Å². The summed E-state index contributed by atoms with van der Waals surface area (Å²) in [4.78, 5) is 25.8. The van der Waals surface area contributed by atoms with Gasteiger partial charge in [-0.25, -0.2) is 24.4 Å². The first kappa shape index (κ1) is 32.1. The molecule has 6 atom stereocenters. The molecule has 1 unspecified atom stereocenters. The lowest BCUT2D eigenvalue weighted by Crippen LogP contribution is -2.41. The standard InChI is InChI=1S/C29H36FN6O6PS/c1-16(2)40-27(38)17(3)35-43(44,42-21-13-9-11-19-10-7-8-12-20(19)21)39-14-22-24(37)29(5,30)28(41-22)36-15-32-23-25(31-6)33-18(4)34-26(23)36/h7-13,15-17,22,24,28,37H,14H2,1-6H3,(H,35,44)(H,31,33,34)/t17-,22+,24+,28+,29+,43?/m0/s1. The summed E-state index contributed by atoms with van der Waals surface area (Å²) in [6, 6.07) is 12.2. The molecular weight excluding hydrogens is 610 g/mol. The maximum Gasteiger partial charge on any atom is 0.323 e. The number of ether oxygens (including phenoxy) is 2. The first-order valence-electron chi connectivity index (χ1n) is 14.1. The number of hydrogen-bond acceptors (Lipinski definition) is 11. The molecule has 0 radical (unpaired) electrons. The third-order valence-electron chi connectivity index (χ3n) is 7.17. The fraction of sp³-hybridized carbons (Fsp3) is 0.448. The van der Waals surface area contributed by atoms with Crippen molar-refractivity contribution in [1.82, 2.24) is 24.6 Å². The minimum absolute atomic E-state index is 0.341. The number of anilines is 1. The molecular formula is C29H36FN6O6PS. The van der Waals surface area contributed by atoms with E-state index in [4.69, 9.17) is 30.3 Å². The van der Waals surface area contributed by atoms with E-state index in [2.05, 4.69) is 25.4 Å². The lowest BCUT2D eigenvalue weighted by atomic mass is 9.98. The molecule has 0 bridgehead atoms. The number of alkyl halides is 1. The molecule has 15 heteroatoms. The first-order chi connectivity index (χ1) is 20.8. The second-order valence-corrected chi connectivity index (χ2v) is 14.2. The summed E-state index contributed by atoms with van der Waals surface area (Å²) >= 11 is 5.88. The number of esters is 1. The van der Waals surface area contributed by atoms with Crippen LogP contribution in [0.4, 0.5) is 10.2 Å². The number of fused-ring (bicyclic) bond motifs is 2. The molecule has 0 amide bonds. The minimum atomic E-state index is -3.54. The highest BCUT2D eigenvalue weighted by Crippen LogP contribution is 2.49. The molecule has 5 rings (SSSR count). The lowest BCUT2D eigenvalue weighted by molar-refractivity contribution is -0.149. The number of carbonyl (C=O) groups is 1. The molecule has 0 aliphatic carbocycles. The SMILES string of the molecule is CNc1nc(C)nc2c1ncn2[C@@H]1O[C@H](COP(=S)(N[C@@H](C)C(=O)OC(C)C)Oc2cccc3ccccc23)[C@@H](O)[C@@]1(C)F. The van der Waals surface area contributed by atoms with Gasteiger partial charge in [-0.3, -0.25) is 9.36 Å². The molecule has 0 spiro atoms. The Balaban J connectivity index is 1.42. The van der Waals surface area contributed by atoms with Crippen LogP contribution in [0.1, 0.15) is 39.7 Å². The molecule has 0 saturated carbocycles. The maximum atomic E-state index is 16.2. The van der Waals surface area contributed by atoms with Gasteiger partial charge in [0.25, 0.3) is 0 Å². The van der Waals surface area contributed by atoms with Crippen LogP contribution in [-0.2, 0) is 30.6 Å². The van der Waals surface area contributed by atoms with E-state index in [-0.39, 0.29) is 12.7 Å². The van der Waals surface area contributed by atoms with Crippen LogP contribution < -0.4 is 14.9 Å². The zero-order valence-electron chi connectivity index (χ0n) is 25.2. The lowest BCUT2D eigenvalue weighted by Gasteiger charge is -2.28. The van der Waals surface area contributed by atoms with E-state index in [1.54, 1.807) is 40.8 Å². The smallest absolute Gasteiger partial charge is 0.323 e. The number of halogens is 1. The Morgan fingerprint density at radius 1 is 1.23 bits per heavy atom. The predicted octanol–water partition coefficient (Wildman–Crippen LogP) is 4.57. The Labute approximate surface area is 259 Å². The molecule has 12 nitrogen and oxygen atoms in total. The van der Waals surface area contributed by atoms with E-state index in [1.807, 2.05) is 36.4 Å². The van der Waals surface area contributed by atoms with Gasteiger partial charge < -0.3 is 28.9 Å². The van der Waals surface area contributed by atoms with Gasteiger partial charge in [-0.05, 0) is 57.9 Å². The number of rotatable bonds is 11. The number of nitrogens with one attached hydrogen (secondary N) is 2. The highest BCUT2D eigenvalue weighted by Gasteiger charge is 2.56. The quantitative estimate of drug-likeness (QED) is 0.155. The van der Waals surface area contributed by atoms with Gasteiger partial charge in [0, 0.05) is 12.4 Å². The molecule has 3 N–H and O–H groups in total. The largest absolute Gasteiger partial charge is 0.462 e. The molecule has 4 aromatic rings. The Kier molecular flexibility index (Phi) is 9.22. The minimum Gasteiger partial charge on any atom is -0.462 e. The number of aliphatic hydroxyl groups excluding tert-OH is 1. The normalized spacial score (nSPS) is 24.0. The number of benzene rings is 2. The van der Waals surface area contributed by atoms with Crippen molar-refractivity contribution < 1.29 is 32.8 Å². The van der Waals surface area contributed by atoms with Crippen molar-refractivity contribution in [3.8, 4) is 5.75 Å². The van der Waals surface area contributed by atoms with Crippen molar-refractivity contribution in [2.75, 3.05) is 19.0 Å². The van der Waals surface area contributed by atoms with Crippen molar-refractivity contribution in [3.05, 3.63) is 54.6 Å². The van der Waals surface area contributed by atoms with Crippen LogP contribution in [-0.4, -0.2) is 74.3 Å². The summed E-state index contributed by atoms with van der Waals surface area (Å²) < 4.78 is 41.5. The fourth-order valence-corrected chi connectivity index (χ4v) is 7.43. The number of aliphatic hydroxyl groups is 1. The van der Waals surface area contributed by atoms with E-state index in [9.17, 15) is 9.90 Å². The van der Waals surface area contributed by atoms with E-state index in [1.165, 1.54) is 17.8 Å². The van der Waals surface area contributed by atoms with Gasteiger partial charge in [-0.15, -0.1) is 0 Å². The highest BCUT2D eigenvalue weighted by molar-refractivity contribution is 8.09. The Morgan fingerprint density at radius 3 is 2.68 bits per heavy atom. The van der Waals surface area contributed by atoms with Gasteiger partial charge in [0.15, 0.2) is 28.9 Å². The monoisotopic (exact) mass is 646 g/mol. The molecule has 1 aliphatic rings. The number of hydrogen-bond donors (Lipinski definition) is 3. The van der Waals surface area contributed by atoms with Gasteiger partial charge in [0.05, 0.1) is 19.0 Å². The molecule has 2 aromatic carbocycles. The molecule has 44 heavy (non-hydrogen) atoms. The van der Waals surface area contributed by atoms with Crippen LogP contribution in [0.3, 0.4) is 0 Å². The van der Waals surface area contributed by atoms with Crippen molar-refractivity contribution in [3.63, 3.8) is 0 Å². The molecule has 236 valence electrons. The number of aryl methyl sites for hydroxylation is 1. The van der Waals surface area contributed by atoms with Gasteiger partial charge >= 0.3 is 12.6 Å². The number of carbonyl (C=O) groups excluding carboxylic acids is 1. The van der Waals surface area contributed by atoms with Crippen molar-refractivity contribution in [2.24, 2.45) is 0 Å². The predicted molar refractivity (Wildman–Crippen MR) is 168 cm³/mol. The summed E-state index contributed by atoms with van der Waals surface area (Å²) in [6.07, 6.45) is -3.00. The Bertz CT molecular complexity index is 1720. The summed E-state index contributed by atoms with van der Waals surface area (Å²) in [5.74, 6) is 0.820. The van der Waals surface area contributed by atoms with Crippen LogP contribution in [0.25, 0.3) is 21.9 Å². The first-order valence-corrected chi connectivity index (χ1v) is 16.8. The Hall–Kier alpha value is -3.26. The van der Waals surface area contributed by atoms with Crippen LogP contribution in [0.15, 0.2) is 48.8 Å². The molecule has 2 aromatic heterocycles. The second kappa shape index (κ2) is 12.6. The van der Waals surface area contributed by atoms with Crippen molar-refractivity contribution >= 4 is 52.2 Å². The summed E-state index contributed by atoms with van der Waals surface area (Å²) in [5, 5.41) is 18.7. The highest BCUT2D eigenvalue weighted by atomic mass is 32.5.